The van der Waals surface area contributed by atoms with Crippen LogP contribution in [0.25, 0.3) is 0 Å². The van der Waals surface area contributed by atoms with E-state index in [1.165, 1.54) is 18.4 Å². The molecule has 0 aromatic carbocycles. The van der Waals surface area contributed by atoms with Gasteiger partial charge >= 0.3 is 0 Å². The molecule has 3 rings (SSSR count). The molecule has 0 aromatic rings. The maximum absolute atomic E-state index is 8.96. The normalized spacial score (nSPS) is 42.5. The van der Waals surface area contributed by atoms with Crippen LogP contribution in [0, 0.1) is 17.3 Å². The standard InChI is InChI=1S/C16H24O4/c1-10-5-6-12-11(7-10)9-16(18-4)13(15(12,2)3)8-14(19-16)20-17/h7-8,11-12,14,17H,5-6,9H2,1-4H3/t11?,12?,14-,16-/m0/s1. The molecule has 20 heavy (non-hydrogen) atoms. The molecule has 1 fully saturated rings. The van der Waals surface area contributed by atoms with E-state index in [-0.39, 0.29) is 5.41 Å². The molecule has 0 radical (unpaired) electrons. The number of methoxy groups -OCH3 is 1. The number of hydrogen-bond acceptors (Lipinski definition) is 4. The van der Waals surface area contributed by atoms with Crippen molar-refractivity contribution in [1.29, 1.82) is 0 Å². The van der Waals surface area contributed by atoms with Crippen LogP contribution in [0.1, 0.15) is 40.0 Å². The van der Waals surface area contributed by atoms with Gasteiger partial charge in [-0.1, -0.05) is 25.5 Å². The van der Waals surface area contributed by atoms with Crippen LogP contribution >= 0.6 is 0 Å². The third kappa shape index (κ3) is 1.90. The molecular weight excluding hydrogens is 256 g/mol. The lowest BCUT2D eigenvalue weighted by Gasteiger charge is -2.52. The van der Waals surface area contributed by atoms with E-state index in [0.717, 1.165) is 12.0 Å². The quantitative estimate of drug-likeness (QED) is 0.478. The Kier molecular flexibility index (Phi) is 3.33. The molecule has 3 aliphatic rings. The van der Waals surface area contributed by atoms with Gasteiger partial charge in [-0.2, -0.15) is 0 Å². The van der Waals surface area contributed by atoms with E-state index in [4.69, 9.17) is 14.7 Å². The van der Waals surface area contributed by atoms with Crippen molar-refractivity contribution >= 4 is 0 Å². The molecule has 4 heteroatoms. The fourth-order valence-corrected chi connectivity index (χ4v) is 4.47. The molecule has 0 aromatic heterocycles. The Morgan fingerprint density at radius 2 is 2.10 bits per heavy atom. The first kappa shape index (κ1) is 14.3. The average molecular weight is 280 g/mol. The van der Waals surface area contributed by atoms with Crippen molar-refractivity contribution in [2.75, 3.05) is 7.11 Å². The summed E-state index contributed by atoms with van der Waals surface area (Å²) in [6.07, 6.45) is 6.69. The Morgan fingerprint density at radius 3 is 2.75 bits per heavy atom. The highest BCUT2D eigenvalue weighted by Crippen LogP contribution is 2.59. The minimum Gasteiger partial charge on any atom is -0.349 e. The Labute approximate surface area is 120 Å². The largest absolute Gasteiger partial charge is 0.349 e. The van der Waals surface area contributed by atoms with Crippen molar-refractivity contribution < 1.29 is 19.6 Å². The molecule has 112 valence electrons. The fraction of sp³-hybridized carbons (Fsp3) is 0.750. The van der Waals surface area contributed by atoms with Crippen molar-refractivity contribution in [1.82, 2.24) is 0 Å². The minimum absolute atomic E-state index is 0.0244. The Bertz CT molecular complexity index is 465. The smallest absolute Gasteiger partial charge is 0.213 e. The van der Waals surface area contributed by atoms with Gasteiger partial charge in [0, 0.05) is 13.5 Å². The van der Waals surface area contributed by atoms with Crippen LogP contribution in [0.5, 0.6) is 0 Å². The molecular formula is C16H24O4. The van der Waals surface area contributed by atoms with Crippen LogP contribution in [-0.2, 0) is 14.4 Å². The molecule has 0 spiro atoms. The second-order valence-electron chi connectivity index (χ2n) is 6.88. The zero-order valence-corrected chi connectivity index (χ0v) is 12.7. The monoisotopic (exact) mass is 280 g/mol. The van der Waals surface area contributed by atoms with Crippen LogP contribution in [0.3, 0.4) is 0 Å². The Balaban J connectivity index is 2.04. The molecule has 4 nitrogen and oxygen atoms in total. The van der Waals surface area contributed by atoms with E-state index < -0.39 is 12.1 Å². The van der Waals surface area contributed by atoms with Gasteiger partial charge < -0.3 is 9.47 Å². The number of ether oxygens (including phenoxy) is 2. The summed E-state index contributed by atoms with van der Waals surface area (Å²) in [6, 6.07) is 0. The van der Waals surface area contributed by atoms with Crippen LogP contribution in [0.4, 0.5) is 0 Å². The summed E-state index contributed by atoms with van der Waals surface area (Å²) < 4.78 is 11.6. The number of fused-ring (bicyclic) bond motifs is 2. The zero-order chi connectivity index (χ0) is 14.5. The third-order valence-electron chi connectivity index (χ3n) is 5.44. The van der Waals surface area contributed by atoms with Gasteiger partial charge in [-0.3, -0.25) is 0 Å². The van der Waals surface area contributed by atoms with Crippen molar-refractivity contribution in [2.45, 2.75) is 52.1 Å². The molecule has 0 bridgehead atoms. The van der Waals surface area contributed by atoms with Crippen LogP contribution in [0.2, 0.25) is 0 Å². The van der Waals surface area contributed by atoms with E-state index in [1.807, 2.05) is 6.08 Å². The molecule has 0 amide bonds. The predicted octanol–water partition coefficient (Wildman–Crippen LogP) is 3.50. The Hall–Kier alpha value is -0.680. The second kappa shape index (κ2) is 4.67. The van der Waals surface area contributed by atoms with Gasteiger partial charge in [0.1, 0.15) is 0 Å². The zero-order valence-electron chi connectivity index (χ0n) is 12.7. The van der Waals surface area contributed by atoms with Gasteiger partial charge in [0.25, 0.3) is 0 Å². The van der Waals surface area contributed by atoms with Crippen molar-refractivity contribution in [3.8, 4) is 0 Å². The SMILES string of the molecule is CO[C@]12CC3C=C(C)CCC3C(C)(C)C1=C[C@H](OO)O2. The first-order chi connectivity index (χ1) is 9.43. The fourth-order valence-electron chi connectivity index (χ4n) is 4.47. The van der Waals surface area contributed by atoms with Gasteiger partial charge in [-0.05, 0) is 48.7 Å². The first-order valence-corrected chi connectivity index (χ1v) is 7.36. The summed E-state index contributed by atoms with van der Waals surface area (Å²) in [5, 5.41) is 8.96. The molecule has 2 unspecified atom stereocenters. The summed E-state index contributed by atoms with van der Waals surface area (Å²) in [5.74, 6) is 0.279. The van der Waals surface area contributed by atoms with E-state index in [1.54, 1.807) is 7.11 Å². The third-order valence-corrected chi connectivity index (χ3v) is 5.44. The highest BCUT2D eigenvalue weighted by Gasteiger charge is 2.58. The maximum Gasteiger partial charge on any atom is 0.213 e. The molecule has 2 aliphatic carbocycles. The van der Waals surface area contributed by atoms with Crippen LogP contribution < -0.4 is 0 Å². The molecule has 4 atom stereocenters. The minimum atomic E-state index is -0.758. The van der Waals surface area contributed by atoms with E-state index in [2.05, 4.69) is 31.7 Å². The van der Waals surface area contributed by atoms with Crippen LogP contribution in [0.15, 0.2) is 23.3 Å². The van der Waals surface area contributed by atoms with Gasteiger partial charge in [0.2, 0.25) is 6.29 Å². The van der Waals surface area contributed by atoms with Crippen molar-refractivity contribution in [3.63, 3.8) is 0 Å². The summed E-state index contributed by atoms with van der Waals surface area (Å²) >= 11 is 0. The predicted molar refractivity (Wildman–Crippen MR) is 74.8 cm³/mol. The molecule has 1 aliphatic heterocycles. The molecule has 1 heterocycles. The van der Waals surface area contributed by atoms with E-state index >= 15 is 0 Å². The second-order valence-corrected chi connectivity index (χ2v) is 6.88. The molecule has 0 saturated heterocycles. The van der Waals surface area contributed by atoms with E-state index in [9.17, 15) is 0 Å². The Morgan fingerprint density at radius 1 is 1.35 bits per heavy atom. The topological polar surface area (TPSA) is 47.9 Å². The van der Waals surface area contributed by atoms with Gasteiger partial charge in [-0.15, -0.1) is 0 Å². The molecule has 1 saturated carbocycles. The van der Waals surface area contributed by atoms with Gasteiger partial charge in [-0.25, -0.2) is 10.1 Å². The lowest BCUT2D eigenvalue weighted by molar-refractivity contribution is -0.368. The maximum atomic E-state index is 8.96. The highest BCUT2D eigenvalue weighted by atomic mass is 17.1. The van der Waals surface area contributed by atoms with Crippen LogP contribution in [-0.4, -0.2) is 24.4 Å². The summed E-state index contributed by atoms with van der Waals surface area (Å²) in [7, 11) is 1.67. The van der Waals surface area contributed by atoms with Gasteiger partial charge in [0.15, 0.2) is 5.79 Å². The lowest BCUT2D eigenvalue weighted by Crippen LogP contribution is -2.51. The summed E-state index contributed by atoms with van der Waals surface area (Å²) in [5.41, 5.74) is 2.54. The van der Waals surface area contributed by atoms with Gasteiger partial charge in [0.05, 0.1) is 0 Å². The number of rotatable bonds is 2. The molecule has 1 N–H and O–H groups in total. The first-order valence-electron chi connectivity index (χ1n) is 7.36. The number of hydrogen-bond donors (Lipinski definition) is 1. The lowest BCUT2D eigenvalue weighted by atomic mass is 9.56. The average Bonchev–Trinajstić information content (AvgIpc) is 2.79. The highest BCUT2D eigenvalue weighted by molar-refractivity contribution is 5.33. The van der Waals surface area contributed by atoms with Crippen molar-refractivity contribution in [2.24, 2.45) is 17.3 Å². The van der Waals surface area contributed by atoms with Crippen molar-refractivity contribution in [3.05, 3.63) is 23.3 Å². The number of allylic oxidation sites excluding steroid dienone is 2. The summed E-state index contributed by atoms with van der Waals surface area (Å²) in [6.45, 7) is 6.70. The van der Waals surface area contributed by atoms with E-state index in [0.29, 0.717) is 11.8 Å². The summed E-state index contributed by atoms with van der Waals surface area (Å²) in [4.78, 5) is 4.40.